The van der Waals surface area contributed by atoms with Crippen molar-refractivity contribution in [3.05, 3.63) is 22.7 Å². The van der Waals surface area contributed by atoms with Gasteiger partial charge >= 0.3 is 0 Å². The van der Waals surface area contributed by atoms with Gasteiger partial charge in [0.25, 0.3) is 0 Å². The predicted molar refractivity (Wildman–Crippen MR) is 51.2 cm³/mol. The van der Waals surface area contributed by atoms with Crippen LogP contribution in [0.25, 0.3) is 10.2 Å². The molecule has 0 aliphatic rings. The van der Waals surface area contributed by atoms with Crippen molar-refractivity contribution in [1.29, 1.82) is 0 Å². The summed E-state index contributed by atoms with van der Waals surface area (Å²) < 4.78 is 6.69. The zero-order valence-corrected chi connectivity index (χ0v) is 7.95. The van der Waals surface area contributed by atoms with Crippen molar-refractivity contribution in [2.45, 2.75) is 0 Å². The summed E-state index contributed by atoms with van der Waals surface area (Å²) >= 11 is 7.20. The first-order valence-corrected chi connectivity index (χ1v) is 4.59. The van der Waals surface area contributed by atoms with Gasteiger partial charge in [0.05, 0.1) is 17.3 Å². The van der Waals surface area contributed by atoms with Crippen molar-refractivity contribution < 1.29 is 4.74 Å². The molecule has 1 aromatic heterocycles. The molecule has 0 bridgehead atoms. The Morgan fingerprint density at radius 3 is 3.08 bits per heavy atom. The van der Waals surface area contributed by atoms with Crippen LogP contribution < -0.4 is 4.74 Å². The Morgan fingerprint density at radius 2 is 2.33 bits per heavy atom. The number of aromatic nitrogens is 1. The number of nitrogens with zero attached hydrogens (tertiary/aromatic N) is 1. The molecule has 62 valence electrons. The van der Waals surface area contributed by atoms with Crippen LogP contribution in [0, 0.1) is 0 Å². The molecule has 0 aliphatic carbocycles. The zero-order chi connectivity index (χ0) is 8.55. The molecule has 4 heteroatoms. The van der Waals surface area contributed by atoms with Crippen molar-refractivity contribution in [3.63, 3.8) is 0 Å². The first-order chi connectivity index (χ1) is 5.79. The molecule has 0 saturated heterocycles. The smallest absolute Gasteiger partial charge is 0.184 e. The van der Waals surface area contributed by atoms with E-state index in [1.54, 1.807) is 7.11 Å². The molecule has 1 heterocycles. The summed E-state index contributed by atoms with van der Waals surface area (Å²) in [5, 5.41) is 0. The molecule has 0 atom stereocenters. The van der Waals surface area contributed by atoms with Gasteiger partial charge in [0, 0.05) is 0 Å². The number of benzene rings is 1. The van der Waals surface area contributed by atoms with Crippen LogP contribution in [0.3, 0.4) is 0 Å². The van der Waals surface area contributed by atoms with E-state index in [-0.39, 0.29) is 0 Å². The van der Waals surface area contributed by atoms with E-state index in [0.717, 1.165) is 16.0 Å². The topological polar surface area (TPSA) is 22.1 Å². The fraction of sp³-hybridized carbons (Fsp3) is 0.125. The Morgan fingerprint density at radius 1 is 1.50 bits per heavy atom. The molecular formula is C8H6ClNOS. The summed E-state index contributed by atoms with van der Waals surface area (Å²) in [5.74, 6) is 0.836. The number of fused-ring (bicyclic) bond motifs is 1. The van der Waals surface area contributed by atoms with E-state index in [0.29, 0.717) is 4.47 Å². The monoisotopic (exact) mass is 199 g/mol. The van der Waals surface area contributed by atoms with Gasteiger partial charge in [0.1, 0.15) is 5.75 Å². The average Bonchev–Trinajstić information content (AvgIpc) is 2.43. The molecule has 12 heavy (non-hydrogen) atoms. The van der Waals surface area contributed by atoms with Gasteiger partial charge in [-0.2, -0.15) is 0 Å². The third-order valence-electron chi connectivity index (χ3n) is 1.57. The number of ether oxygens (including phenoxy) is 1. The summed E-state index contributed by atoms with van der Waals surface area (Å²) in [4.78, 5) is 4.12. The van der Waals surface area contributed by atoms with E-state index in [2.05, 4.69) is 4.98 Å². The van der Waals surface area contributed by atoms with Crippen LogP contribution in [-0.2, 0) is 0 Å². The summed E-state index contributed by atoms with van der Waals surface area (Å²) in [5.41, 5.74) is 0.922. The van der Waals surface area contributed by atoms with E-state index in [4.69, 9.17) is 16.3 Å². The van der Waals surface area contributed by atoms with E-state index in [1.165, 1.54) is 11.3 Å². The summed E-state index contributed by atoms with van der Waals surface area (Å²) in [6, 6.07) is 5.70. The molecule has 0 aliphatic heterocycles. The predicted octanol–water partition coefficient (Wildman–Crippen LogP) is 2.96. The molecule has 2 rings (SSSR count). The Balaban J connectivity index is 2.66. The third kappa shape index (κ3) is 1.26. The number of methoxy groups -OCH3 is 1. The molecule has 0 saturated carbocycles. The minimum Gasteiger partial charge on any atom is -0.497 e. The van der Waals surface area contributed by atoms with Crippen LogP contribution in [0.2, 0.25) is 4.47 Å². The lowest BCUT2D eigenvalue weighted by atomic mass is 10.3. The number of halogens is 1. The van der Waals surface area contributed by atoms with E-state index >= 15 is 0 Å². The molecular weight excluding hydrogens is 194 g/mol. The second kappa shape index (κ2) is 2.92. The highest BCUT2D eigenvalue weighted by molar-refractivity contribution is 7.22. The van der Waals surface area contributed by atoms with Gasteiger partial charge in [-0.3, -0.25) is 0 Å². The highest BCUT2D eigenvalue weighted by Gasteiger charge is 2.01. The molecule has 0 amide bonds. The minimum absolute atomic E-state index is 0.568. The second-order valence-corrected chi connectivity index (χ2v) is 3.91. The van der Waals surface area contributed by atoms with E-state index < -0.39 is 0 Å². The minimum atomic E-state index is 0.568. The number of thiazole rings is 1. The SMILES string of the molecule is COc1ccc2nc(Cl)sc2c1. The maximum Gasteiger partial charge on any atom is 0.184 e. The maximum atomic E-state index is 5.75. The molecule has 2 nitrogen and oxygen atoms in total. The van der Waals surface area contributed by atoms with Crippen LogP contribution >= 0.6 is 22.9 Å². The Bertz CT molecular complexity index is 412. The quantitative estimate of drug-likeness (QED) is 0.705. The van der Waals surface area contributed by atoms with Gasteiger partial charge in [-0.1, -0.05) is 11.6 Å². The van der Waals surface area contributed by atoms with Crippen LogP contribution in [0.15, 0.2) is 18.2 Å². The van der Waals surface area contributed by atoms with Crippen LogP contribution in [0.1, 0.15) is 0 Å². The van der Waals surface area contributed by atoms with Crippen molar-refractivity contribution in [2.24, 2.45) is 0 Å². The van der Waals surface area contributed by atoms with Crippen molar-refractivity contribution in [3.8, 4) is 5.75 Å². The lowest BCUT2D eigenvalue weighted by Crippen LogP contribution is -1.80. The summed E-state index contributed by atoms with van der Waals surface area (Å²) in [7, 11) is 1.64. The van der Waals surface area contributed by atoms with Gasteiger partial charge in [0.15, 0.2) is 4.47 Å². The Labute approximate surface area is 78.8 Å². The Kier molecular flexibility index (Phi) is 1.90. The van der Waals surface area contributed by atoms with Crippen molar-refractivity contribution >= 4 is 33.2 Å². The molecule has 0 radical (unpaired) electrons. The summed E-state index contributed by atoms with van der Waals surface area (Å²) in [6.07, 6.45) is 0. The van der Waals surface area contributed by atoms with Gasteiger partial charge in [0.2, 0.25) is 0 Å². The third-order valence-corrected chi connectivity index (χ3v) is 2.69. The molecule has 0 N–H and O–H groups in total. The standard InChI is InChI=1S/C8H6ClNOS/c1-11-5-2-3-6-7(4-5)12-8(9)10-6/h2-4H,1H3. The first kappa shape index (κ1) is 7.83. The lowest BCUT2D eigenvalue weighted by Gasteiger charge is -1.96. The Hall–Kier alpha value is -0.800. The largest absolute Gasteiger partial charge is 0.497 e. The lowest BCUT2D eigenvalue weighted by molar-refractivity contribution is 0.415. The maximum absolute atomic E-state index is 5.75. The van der Waals surface area contributed by atoms with Crippen molar-refractivity contribution in [2.75, 3.05) is 7.11 Å². The van der Waals surface area contributed by atoms with Gasteiger partial charge < -0.3 is 4.74 Å². The van der Waals surface area contributed by atoms with Gasteiger partial charge in [-0.25, -0.2) is 4.98 Å². The van der Waals surface area contributed by atoms with Crippen LogP contribution in [-0.4, -0.2) is 12.1 Å². The molecule has 2 aromatic rings. The first-order valence-electron chi connectivity index (χ1n) is 3.39. The van der Waals surface area contributed by atoms with Gasteiger partial charge in [-0.05, 0) is 18.2 Å². The van der Waals surface area contributed by atoms with Gasteiger partial charge in [-0.15, -0.1) is 11.3 Å². The second-order valence-electron chi connectivity index (χ2n) is 2.30. The van der Waals surface area contributed by atoms with Crippen LogP contribution in [0.5, 0.6) is 5.75 Å². The van der Waals surface area contributed by atoms with E-state index in [1.807, 2.05) is 18.2 Å². The number of rotatable bonds is 1. The number of hydrogen-bond acceptors (Lipinski definition) is 3. The zero-order valence-electron chi connectivity index (χ0n) is 6.37. The highest BCUT2D eigenvalue weighted by atomic mass is 35.5. The highest BCUT2D eigenvalue weighted by Crippen LogP contribution is 2.28. The molecule has 0 unspecified atom stereocenters. The molecule has 0 fully saturated rings. The summed E-state index contributed by atoms with van der Waals surface area (Å²) in [6.45, 7) is 0. The molecule has 0 spiro atoms. The van der Waals surface area contributed by atoms with Crippen molar-refractivity contribution in [1.82, 2.24) is 4.98 Å². The fourth-order valence-electron chi connectivity index (χ4n) is 1.00. The average molecular weight is 200 g/mol. The van der Waals surface area contributed by atoms with E-state index in [9.17, 15) is 0 Å². The molecule has 1 aromatic carbocycles. The fourth-order valence-corrected chi connectivity index (χ4v) is 2.06. The normalized spacial score (nSPS) is 10.5. The van der Waals surface area contributed by atoms with Crippen LogP contribution in [0.4, 0.5) is 0 Å². The number of hydrogen-bond donors (Lipinski definition) is 0.